The van der Waals surface area contributed by atoms with Gasteiger partial charge in [0.2, 0.25) is 5.88 Å². The Morgan fingerprint density at radius 1 is 1.22 bits per heavy atom. The van der Waals surface area contributed by atoms with Crippen LogP contribution in [0.1, 0.15) is 44.6 Å². The smallest absolute Gasteiger partial charge is 0.331 e. The normalized spacial score (nSPS) is 11.7. The summed E-state index contributed by atoms with van der Waals surface area (Å²) in [5, 5.41) is 10.2. The molecule has 1 heterocycles. The van der Waals surface area contributed by atoms with Gasteiger partial charge in [-0.05, 0) is 6.42 Å². The highest BCUT2D eigenvalue weighted by Gasteiger charge is 2.12. The summed E-state index contributed by atoms with van der Waals surface area (Å²) >= 11 is 0. The number of rotatable bonds is 10. The van der Waals surface area contributed by atoms with E-state index < -0.39 is 11.2 Å². The van der Waals surface area contributed by atoms with Crippen LogP contribution in [0.2, 0.25) is 0 Å². The molecule has 0 saturated heterocycles. The number of nitrogens with one attached hydrogen (secondary N) is 2. The number of hydrogen-bond donors (Lipinski definition) is 3. The highest BCUT2D eigenvalue weighted by molar-refractivity contribution is 5.81. The first-order chi connectivity index (χ1) is 11.0. The van der Waals surface area contributed by atoms with Gasteiger partial charge < -0.3 is 10.0 Å². The van der Waals surface area contributed by atoms with Gasteiger partial charge in [0.05, 0.1) is 20.6 Å². The summed E-state index contributed by atoms with van der Waals surface area (Å²) in [6.45, 7) is 4.07. The minimum Gasteiger partial charge on any atom is -0.494 e. The molecule has 0 spiro atoms. The van der Waals surface area contributed by atoms with E-state index in [1.54, 1.807) is 0 Å². The number of nitrogens with zero attached hydrogens (tertiary/aromatic N) is 2. The minimum atomic E-state index is -0.598. The standard InChI is InChI=1S/C16H28N4O3/c1-4-5-6-7-11-20-15(22)13(14(21)18-16(20)23)12-17-9-8-10-19(2)3/h12,22H,4-11H2,1-3H3,(H,18,21,23)/p+1. The Kier molecular flexibility index (Phi) is 8.32. The lowest BCUT2D eigenvalue weighted by molar-refractivity contribution is -0.858. The van der Waals surface area contributed by atoms with E-state index in [2.05, 4.69) is 31.0 Å². The van der Waals surface area contributed by atoms with Crippen molar-refractivity contribution in [3.05, 3.63) is 26.4 Å². The van der Waals surface area contributed by atoms with Gasteiger partial charge in [0, 0.05) is 25.7 Å². The molecule has 0 atom stereocenters. The van der Waals surface area contributed by atoms with Gasteiger partial charge in [-0.2, -0.15) is 0 Å². The van der Waals surface area contributed by atoms with Gasteiger partial charge in [0.15, 0.2) is 0 Å². The molecule has 0 bridgehead atoms. The largest absolute Gasteiger partial charge is 0.494 e. The fourth-order valence-corrected chi connectivity index (χ4v) is 2.28. The first kappa shape index (κ1) is 19.2. The van der Waals surface area contributed by atoms with Crippen LogP contribution in [0.4, 0.5) is 0 Å². The summed E-state index contributed by atoms with van der Waals surface area (Å²) in [6.07, 6.45) is 6.21. The molecular weight excluding hydrogens is 296 g/mol. The van der Waals surface area contributed by atoms with E-state index in [-0.39, 0.29) is 11.4 Å². The average molecular weight is 325 g/mol. The van der Waals surface area contributed by atoms with Crippen LogP contribution in [-0.4, -0.2) is 48.1 Å². The van der Waals surface area contributed by atoms with Crippen LogP contribution in [0.25, 0.3) is 0 Å². The molecule has 0 amide bonds. The van der Waals surface area contributed by atoms with Crippen molar-refractivity contribution in [1.82, 2.24) is 9.55 Å². The Morgan fingerprint density at radius 2 is 1.96 bits per heavy atom. The summed E-state index contributed by atoms with van der Waals surface area (Å²) in [5.41, 5.74) is -1.12. The number of aromatic amines is 1. The van der Waals surface area contributed by atoms with Crippen molar-refractivity contribution in [2.45, 2.75) is 45.6 Å². The summed E-state index contributed by atoms with van der Waals surface area (Å²) in [7, 11) is 4.13. The molecule has 0 aliphatic heterocycles. The Balaban J connectivity index is 2.81. The molecule has 0 aliphatic carbocycles. The second-order valence-corrected chi connectivity index (χ2v) is 6.05. The van der Waals surface area contributed by atoms with Gasteiger partial charge in [-0.15, -0.1) is 0 Å². The molecule has 0 aliphatic rings. The van der Waals surface area contributed by atoms with Crippen molar-refractivity contribution in [1.29, 1.82) is 0 Å². The van der Waals surface area contributed by atoms with Crippen LogP contribution in [-0.2, 0) is 6.54 Å². The quantitative estimate of drug-likeness (QED) is 0.410. The van der Waals surface area contributed by atoms with Crippen LogP contribution in [0.5, 0.6) is 5.88 Å². The fraction of sp³-hybridized carbons (Fsp3) is 0.688. The number of unbranched alkanes of at least 4 members (excludes halogenated alkanes) is 3. The van der Waals surface area contributed by atoms with Crippen molar-refractivity contribution >= 4 is 6.21 Å². The average Bonchev–Trinajstić information content (AvgIpc) is 2.48. The first-order valence-corrected chi connectivity index (χ1v) is 8.32. The maximum atomic E-state index is 11.8. The summed E-state index contributed by atoms with van der Waals surface area (Å²) in [6, 6.07) is 0. The summed E-state index contributed by atoms with van der Waals surface area (Å²) in [5.74, 6) is -0.294. The molecular formula is C16H29N4O3+. The second kappa shape index (κ2) is 9.99. The Hall–Kier alpha value is -1.89. The van der Waals surface area contributed by atoms with E-state index in [0.29, 0.717) is 13.1 Å². The minimum absolute atomic E-state index is 0.0530. The van der Waals surface area contributed by atoms with Gasteiger partial charge in [-0.25, -0.2) is 4.79 Å². The molecule has 1 rings (SSSR count). The second-order valence-electron chi connectivity index (χ2n) is 6.05. The zero-order valence-corrected chi connectivity index (χ0v) is 14.4. The van der Waals surface area contributed by atoms with Crippen molar-refractivity contribution in [3.8, 4) is 5.88 Å². The molecule has 0 unspecified atom stereocenters. The van der Waals surface area contributed by atoms with Crippen LogP contribution < -0.4 is 16.1 Å². The maximum absolute atomic E-state index is 11.8. The first-order valence-electron chi connectivity index (χ1n) is 8.32. The Bertz CT molecular complexity index is 617. The third-order valence-corrected chi connectivity index (χ3v) is 3.63. The van der Waals surface area contributed by atoms with Crippen LogP contribution in [0, 0.1) is 0 Å². The van der Waals surface area contributed by atoms with Gasteiger partial charge in [0.25, 0.3) is 5.56 Å². The molecule has 0 fully saturated rings. The number of aromatic hydroxyl groups is 1. The zero-order valence-electron chi connectivity index (χ0n) is 14.4. The monoisotopic (exact) mass is 325 g/mol. The Morgan fingerprint density at radius 3 is 2.61 bits per heavy atom. The number of hydrogen-bond acceptors (Lipinski definition) is 4. The molecule has 0 radical (unpaired) electrons. The van der Waals surface area contributed by atoms with Gasteiger partial charge in [-0.3, -0.25) is 19.3 Å². The summed E-state index contributed by atoms with van der Waals surface area (Å²) in [4.78, 5) is 31.4. The molecule has 1 aromatic rings. The van der Waals surface area contributed by atoms with E-state index >= 15 is 0 Å². The van der Waals surface area contributed by atoms with E-state index in [4.69, 9.17) is 0 Å². The van der Waals surface area contributed by atoms with Crippen LogP contribution in [0.3, 0.4) is 0 Å². The zero-order chi connectivity index (χ0) is 17.2. The van der Waals surface area contributed by atoms with Crippen molar-refractivity contribution in [2.75, 3.05) is 27.2 Å². The lowest BCUT2D eigenvalue weighted by Crippen LogP contribution is -3.05. The highest BCUT2D eigenvalue weighted by Crippen LogP contribution is 2.10. The van der Waals surface area contributed by atoms with Crippen LogP contribution >= 0.6 is 0 Å². The molecule has 23 heavy (non-hydrogen) atoms. The SMILES string of the molecule is CCCCCCn1c(O)c(C=NCCC[NH+](C)C)c(=O)[nH]c1=O. The third-order valence-electron chi connectivity index (χ3n) is 3.63. The predicted octanol–water partition coefficient (Wildman–Crippen LogP) is -0.224. The van der Waals surface area contributed by atoms with E-state index in [1.807, 2.05) is 0 Å². The highest BCUT2D eigenvalue weighted by atomic mass is 16.3. The van der Waals surface area contributed by atoms with Crippen LogP contribution in [0.15, 0.2) is 14.6 Å². The number of H-pyrrole nitrogens is 1. The molecule has 7 heteroatoms. The van der Waals surface area contributed by atoms with E-state index in [9.17, 15) is 14.7 Å². The molecule has 130 valence electrons. The third kappa shape index (κ3) is 6.40. The molecule has 3 N–H and O–H groups in total. The lowest BCUT2D eigenvalue weighted by atomic mass is 10.2. The molecule has 0 aromatic carbocycles. The number of aromatic nitrogens is 2. The summed E-state index contributed by atoms with van der Waals surface area (Å²) < 4.78 is 1.21. The van der Waals surface area contributed by atoms with Crippen molar-refractivity contribution in [2.24, 2.45) is 4.99 Å². The predicted molar refractivity (Wildman–Crippen MR) is 91.9 cm³/mol. The number of aliphatic imine (C=N–C) groups is 1. The topological polar surface area (TPSA) is 91.9 Å². The van der Waals surface area contributed by atoms with Gasteiger partial charge in [0.1, 0.15) is 5.56 Å². The van der Waals surface area contributed by atoms with Gasteiger partial charge in [-0.1, -0.05) is 26.2 Å². The number of quaternary nitrogens is 1. The van der Waals surface area contributed by atoms with Crippen molar-refractivity contribution < 1.29 is 10.0 Å². The molecule has 1 aromatic heterocycles. The van der Waals surface area contributed by atoms with Gasteiger partial charge >= 0.3 is 5.69 Å². The Labute approximate surface area is 136 Å². The van der Waals surface area contributed by atoms with E-state index in [1.165, 1.54) is 15.7 Å². The lowest BCUT2D eigenvalue weighted by Gasteiger charge is -2.09. The maximum Gasteiger partial charge on any atom is 0.331 e. The molecule has 7 nitrogen and oxygen atoms in total. The fourth-order valence-electron chi connectivity index (χ4n) is 2.28. The van der Waals surface area contributed by atoms with E-state index in [0.717, 1.165) is 38.6 Å². The molecule has 0 saturated carbocycles. The van der Waals surface area contributed by atoms with Crippen molar-refractivity contribution in [3.63, 3.8) is 0 Å².